The normalized spacial score (nSPS) is 10.9. The van der Waals surface area contributed by atoms with Crippen molar-refractivity contribution in [2.24, 2.45) is 5.41 Å². The van der Waals surface area contributed by atoms with Gasteiger partial charge >= 0.3 is 5.97 Å². The van der Waals surface area contributed by atoms with Gasteiger partial charge in [-0.1, -0.05) is 20.8 Å². The lowest BCUT2D eigenvalue weighted by atomic mass is 9.96. The minimum absolute atomic E-state index is 0.0576. The van der Waals surface area contributed by atoms with E-state index >= 15 is 0 Å². The maximum atomic E-state index is 11.7. The van der Waals surface area contributed by atoms with Crippen molar-refractivity contribution in [3.8, 4) is 0 Å². The molecule has 0 aliphatic heterocycles. The van der Waals surface area contributed by atoms with Crippen LogP contribution in [0.15, 0.2) is 0 Å². The maximum Gasteiger partial charge on any atom is 0.323 e. The molecule has 6 nitrogen and oxygen atoms in total. The van der Waals surface area contributed by atoms with E-state index in [1.165, 1.54) is 4.90 Å². The largest absolute Gasteiger partial charge is 0.480 e. The molecule has 0 atom stereocenters. The summed E-state index contributed by atoms with van der Waals surface area (Å²) < 4.78 is 0. The quantitative estimate of drug-likeness (QED) is 0.673. The molecule has 19 heavy (non-hydrogen) atoms. The number of carboxylic acid groups (broad SMARTS) is 1. The summed E-state index contributed by atoms with van der Waals surface area (Å²) in [5.41, 5.74) is -0.442. The lowest BCUT2D eigenvalue weighted by molar-refractivity contribution is -0.144. The minimum Gasteiger partial charge on any atom is -0.480 e. The number of likely N-dealkylation sites (N-methyl/N-ethyl adjacent to an activating group) is 1. The topological polar surface area (TPSA) is 86.7 Å². The van der Waals surface area contributed by atoms with Crippen LogP contribution in [0.25, 0.3) is 0 Å². The van der Waals surface area contributed by atoms with Crippen LogP contribution in [0.5, 0.6) is 0 Å². The number of nitrogens with one attached hydrogen (secondary N) is 1. The van der Waals surface area contributed by atoms with E-state index in [0.29, 0.717) is 19.5 Å². The van der Waals surface area contributed by atoms with E-state index in [1.54, 1.807) is 6.92 Å². The summed E-state index contributed by atoms with van der Waals surface area (Å²) in [7, 11) is 0. The van der Waals surface area contributed by atoms with Crippen molar-refractivity contribution in [2.75, 3.05) is 19.6 Å². The average Bonchev–Trinajstić information content (AvgIpc) is 2.29. The molecule has 0 aliphatic carbocycles. The summed E-state index contributed by atoms with van der Waals surface area (Å²) in [5.74, 6) is -1.27. The van der Waals surface area contributed by atoms with Crippen molar-refractivity contribution >= 4 is 17.8 Å². The van der Waals surface area contributed by atoms with Crippen LogP contribution in [0.3, 0.4) is 0 Å². The van der Waals surface area contributed by atoms with Crippen molar-refractivity contribution in [3.05, 3.63) is 0 Å². The van der Waals surface area contributed by atoms with Crippen LogP contribution in [0.2, 0.25) is 0 Å². The lowest BCUT2D eigenvalue weighted by Gasteiger charge is -2.19. The Bertz CT molecular complexity index is 334. The maximum absolute atomic E-state index is 11.7. The predicted octanol–water partition coefficient (Wildman–Crippen LogP) is 0.862. The van der Waals surface area contributed by atoms with Crippen LogP contribution < -0.4 is 5.32 Å². The van der Waals surface area contributed by atoms with Gasteiger partial charge in [-0.05, 0) is 13.3 Å². The molecule has 0 radical (unpaired) electrons. The molecule has 0 saturated carbocycles. The third-order valence-electron chi connectivity index (χ3n) is 2.59. The van der Waals surface area contributed by atoms with Crippen LogP contribution >= 0.6 is 0 Å². The first-order valence-electron chi connectivity index (χ1n) is 6.46. The SMILES string of the molecule is CCN(CC(=O)O)C(=O)CCCNC(=O)C(C)(C)C. The van der Waals surface area contributed by atoms with E-state index in [9.17, 15) is 14.4 Å². The fourth-order valence-electron chi connectivity index (χ4n) is 1.40. The highest BCUT2D eigenvalue weighted by Crippen LogP contribution is 2.12. The molecule has 0 heterocycles. The standard InChI is InChI=1S/C13H24N2O4/c1-5-15(9-11(17)18)10(16)7-6-8-14-12(19)13(2,3)4/h5-9H2,1-4H3,(H,14,19)(H,17,18). The van der Waals surface area contributed by atoms with Crippen molar-refractivity contribution in [1.82, 2.24) is 10.2 Å². The fraction of sp³-hybridized carbons (Fsp3) is 0.769. The van der Waals surface area contributed by atoms with Gasteiger partial charge in [0.15, 0.2) is 0 Å². The second kappa shape index (κ2) is 7.76. The summed E-state index contributed by atoms with van der Waals surface area (Å²) >= 11 is 0. The van der Waals surface area contributed by atoms with E-state index in [2.05, 4.69) is 5.32 Å². The van der Waals surface area contributed by atoms with Crippen molar-refractivity contribution in [2.45, 2.75) is 40.5 Å². The van der Waals surface area contributed by atoms with Crippen LogP contribution in [0.1, 0.15) is 40.5 Å². The Labute approximate surface area is 114 Å². The molecule has 0 unspecified atom stereocenters. The zero-order valence-corrected chi connectivity index (χ0v) is 12.2. The molecule has 0 aromatic carbocycles. The number of carbonyl (C=O) groups is 3. The van der Waals surface area contributed by atoms with Gasteiger partial charge in [0, 0.05) is 24.9 Å². The van der Waals surface area contributed by atoms with Gasteiger partial charge in [0.1, 0.15) is 6.54 Å². The Hall–Kier alpha value is -1.59. The van der Waals surface area contributed by atoms with Crippen LogP contribution in [-0.2, 0) is 14.4 Å². The van der Waals surface area contributed by atoms with Gasteiger partial charge in [0.05, 0.1) is 0 Å². The van der Waals surface area contributed by atoms with Crippen LogP contribution in [0.4, 0.5) is 0 Å². The van der Waals surface area contributed by atoms with Gasteiger partial charge in [-0.3, -0.25) is 14.4 Å². The molecule has 110 valence electrons. The minimum atomic E-state index is -1.02. The number of nitrogens with zero attached hydrogens (tertiary/aromatic N) is 1. The van der Waals surface area contributed by atoms with Gasteiger partial charge < -0.3 is 15.3 Å². The number of amides is 2. The summed E-state index contributed by atoms with van der Waals surface area (Å²) in [6, 6.07) is 0. The molecule has 0 fully saturated rings. The van der Waals surface area contributed by atoms with Gasteiger partial charge in [-0.25, -0.2) is 0 Å². The van der Waals surface area contributed by atoms with Crippen molar-refractivity contribution in [1.29, 1.82) is 0 Å². The highest BCUT2D eigenvalue weighted by molar-refractivity contribution is 5.82. The van der Waals surface area contributed by atoms with Crippen LogP contribution in [0, 0.1) is 5.41 Å². The summed E-state index contributed by atoms with van der Waals surface area (Å²) in [6.07, 6.45) is 0.752. The zero-order valence-electron chi connectivity index (χ0n) is 12.2. The second-order valence-corrected chi connectivity index (χ2v) is 5.41. The van der Waals surface area contributed by atoms with Crippen molar-refractivity contribution in [3.63, 3.8) is 0 Å². The summed E-state index contributed by atoms with van der Waals surface area (Å²) in [6.45, 7) is 7.72. The zero-order chi connectivity index (χ0) is 15.1. The first kappa shape index (κ1) is 17.4. The Balaban J connectivity index is 3.97. The fourth-order valence-corrected chi connectivity index (χ4v) is 1.40. The average molecular weight is 272 g/mol. The second-order valence-electron chi connectivity index (χ2n) is 5.41. The number of hydrogen-bond donors (Lipinski definition) is 2. The highest BCUT2D eigenvalue weighted by Gasteiger charge is 2.20. The van der Waals surface area contributed by atoms with Crippen molar-refractivity contribution < 1.29 is 19.5 Å². The smallest absolute Gasteiger partial charge is 0.323 e. The van der Waals surface area contributed by atoms with E-state index in [-0.39, 0.29) is 24.8 Å². The first-order chi connectivity index (χ1) is 8.68. The van der Waals surface area contributed by atoms with Crippen LogP contribution in [-0.4, -0.2) is 47.4 Å². The third-order valence-corrected chi connectivity index (χ3v) is 2.59. The van der Waals surface area contributed by atoms with Gasteiger partial charge in [0.2, 0.25) is 11.8 Å². The molecule has 0 rings (SSSR count). The first-order valence-corrected chi connectivity index (χ1v) is 6.46. The molecular weight excluding hydrogens is 248 g/mol. The summed E-state index contributed by atoms with van der Waals surface area (Å²) in [4.78, 5) is 35.1. The highest BCUT2D eigenvalue weighted by atomic mass is 16.4. The number of carbonyl (C=O) groups excluding carboxylic acids is 2. The molecule has 2 N–H and O–H groups in total. The predicted molar refractivity (Wildman–Crippen MR) is 71.6 cm³/mol. The third kappa shape index (κ3) is 7.43. The lowest BCUT2D eigenvalue weighted by Crippen LogP contribution is -2.37. The molecule has 6 heteroatoms. The molecular formula is C13H24N2O4. The van der Waals surface area contributed by atoms with E-state index in [0.717, 1.165) is 0 Å². The molecule has 2 amide bonds. The monoisotopic (exact) mass is 272 g/mol. The Morgan fingerprint density at radius 2 is 1.79 bits per heavy atom. The Morgan fingerprint density at radius 3 is 2.21 bits per heavy atom. The van der Waals surface area contributed by atoms with E-state index < -0.39 is 11.4 Å². The van der Waals surface area contributed by atoms with Gasteiger partial charge in [0.25, 0.3) is 0 Å². The summed E-state index contributed by atoms with van der Waals surface area (Å²) in [5, 5.41) is 11.4. The van der Waals surface area contributed by atoms with E-state index in [1.807, 2.05) is 20.8 Å². The number of carboxylic acids is 1. The number of aliphatic carboxylic acids is 1. The van der Waals surface area contributed by atoms with Gasteiger partial charge in [-0.15, -0.1) is 0 Å². The number of hydrogen-bond acceptors (Lipinski definition) is 3. The Morgan fingerprint density at radius 1 is 1.21 bits per heavy atom. The molecule has 0 bridgehead atoms. The van der Waals surface area contributed by atoms with E-state index in [4.69, 9.17) is 5.11 Å². The van der Waals surface area contributed by atoms with Gasteiger partial charge in [-0.2, -0.15) is 0 Å². The molecule has 0 aromatic rings. The molecule has 0 aromatic heterocycles. The number of rotatable bonds is 7. The molecule has 0 saturated heterocycles. The molecule has 0 spiro atoms. The Kier molecular flexibility index (Phi) is 7.11. The molecule has 0 aliphatic rings.